The maximum Gasteiger partial charge on any atom is 0.245 e. The van der Waals surface area contributed by atoms with Gasteiger partial charge in [-0.15, -0.1) is 0 Å². The number of ether oxygens (including phenoxy) is 2. The third kappa shape index (κ3) is 6.81. The van der Waals surface area contributed by atoms with Crippen LogP contribution in [0, 0.1) is 6.92 Å². The second-order valence-corrected chi connectivity index (χ2v) is 9.97. The van der Waals surface area contributed by atoms with Gasteiger partial charge in [0.1, 0.15) is 5.75 Å². The Morgan fingerprint density at radius 1 is 1.02 bits per heavy atom. The van der Waals surface area contributed by atoms with Crippen molar-refractivity contribution in [2.45, 2.75) is 39.5 Å². The molecule has 0 aliphatic heterocycles. The fourth-order valence-corrected chi connectivity index (χ4v) is 4.83. The lowest BCUT2D eigenvalue weighted by Crippen LogP contribution is -2.18. The second-order valence-electron chi connectivity index (χ2n) is 9.97. The Labute approximate surface area is 237 Å². The quantitative estimate of drug-likeness (QED) is 0.151. The van der Waals surface area contributed by atoms with Gasteiger partial charge in [-0.3, -0.25) is 4.79 Å². The molecule has 2 aromatic heterocycles. The van der Waals surface area contributed by atoms with Crippen molar-refractivity contribution in [3.8, 4) is 11.6 Å². The maximum absolute atomic E-state index is 11.6. The van der Waals surface area contributed by atoms with Gasteiger partial charge in [0.15, 0.2) is 0 Å². The molecule has 0 aliphatic rings. The molecule has 0 spiro atoms. The van der Waals surface area contributed by atoms with E-state index in [1.165, 1.54) is 16.5 Å². The third-order valence-electron chi connectivity index (χ3n) is 7.03. The number of pyridine rings is 1. The number of aromatic nitrogens is 2. The summed E-state index contributed by atoms with van der Waals surface area (Å²) < 4.78 is 11.5. The van der Waals surface area contributed by atoms with Gasteiger partial charge in [-0.1, -0.05) is 43.3 Å². The number of amides is 1. The monoisotopic (exact) mass is 537 g/mol. The highest BCUT2D eigenvalue weighted by molar-refractivity contribution is 6.02. The highest BCUT2D eigenvalue weighted by Crippen LogP contribution is 2.38. The van der Waals surface area contributed by atoms with Gasteiger partial charge in [-0.2, -0.15) is 0 Å². The Bertz CT molecular complexity index is 1500. The molecule has 1 N–H and O–H groups in total. The molecule has 1 amide bonds. The maximum atomic E-state index is 11.6. The van der Waals surface area contributed by atoms with Crippen LogP contribution in [-0.2, 0) is 4.79 Å². The number of fused-ring (bicyclic) bond motifs is 1. The highest BCUT2D eigenvalue weighted by atomic mass is 16.5. The summed E-state index contributed by atoms with van der Waals surface area (Å²) in [4.78, 5) is 21.5. The number of aryl methyl sites for hydroxylation is 1. The van der Waals surface area contributed by atoms with Gasteiger partial charge in [-0.05, 0) is 79.6 Å². The van der Waals surface area contributed by atoms with Crippen molar-refractivity contribution in [3.63, 3.8) is 0 Å². The molecule has 0 saturated carbocycles. The number of hydrogen-bond donors (Lipinski definition) is 1. The van der Waals surface area contributed by atoms with Crippen molar-refractivity contribution >= 4 is 28.0 Å². The first-order chi connectivity index (χ1) is 19.4. The van der Waals surface area contributed by atoms with Crippen molar-refractivity contribution in [3.05, 3.63) is 101 Å². The van der Waals surface area contributed by atoms with E-state index in [2.05, 4.69) is 66.3 Å². The summed E-state index contributed by atoms with van der Waals surface area (Å²) in [6.07, 6.45) is 8.96. The highest BCUT2D eigenvalue weighted by Gasteiger charge is 2.19. The molecule has 2 heterocycles. The number of unbranched alkanes of at least 4 members (excludes halogenated alkanes) is 2. The Kier molecular flexibility index (Phi) is 9.79. The molecule has 2 aromatic carbocycles. The predicted octanol–water partition coefficient (Wildman–Crippen LogP) is 7.44. The van der Waals surface area contributed by atoms with Gasteiger partial charge in [0.05, 0.1) is 19.4 Å². The number of benzene rings is 2. The Morgan fingerprint density at radius 3 is 2.55 bits per heavy atom. The van der Waals surface area contributed by atoms with E-state index in [0.29, 0.717) is 12.5 Å². The van der Waals surface area contributed by atoms with Gasteiger partial charge in [0.25, 0.3) is 0 Å². The standard InChI is InChI=1S/C34H39N3O3/c1-6-28(25-14-13-15-27(22-25)39-5)33(34-24(2)29-16-10-11-17-30(29)36-34)26-19-20-31(35-23-26)40-21-12-8-7-9-18-32(38)37(3)4/h9-11,13-20,22-23,36H,6-8,12,21H2,1-5H3/b18-9+,33-28+. The van der Waals surface area contributed by atoms with E-state index in [1.54, 1.807) is 32.2 Å². The number of nitrogens with zero attached hydrogens (tertiary/aromatic N) is 2. The average molecular weight is 538 g/mol. The molecule has 4 rings (SSSR count). The SMILES string of the molecule is CC/C(=C(/c1ccc(OCCCC/C=C/C(=O)N(C)C)nc1)c1[nH]c2ccccc2c1C)c1cccc(OC)c1. The van der Waals surface area contributed by atoms with E-state index in [-0.39, 0.29) is 5.91 Å². The minimum absolute atomic E-state index is 0.00855. The molecule has 6 nitrogen and oxygen atoms in total. The van der Waals surface area contributed by atoms with E-state index < -0.39 is 0 Å². The van der Waals surface area contributed by atoms with E-state index >= 15 is 0 Å². The zero-order valence-corrected chi connectivity index (χ0v) is 24.2. The summed E-state index contributed by atoms with van der Waals surface area (Å²) in [6, 6.07) is 20.7. The lowest BCUT2D eigenvalue weighted by molar-refractivity contribution is -0.123. The van der Waals surface area contributed by atoms with E-state index in [0.717, 1.165) is 59.3 Å². The van der Waals surface area contributed by atoms with Gasteiger partial charge in [0, 0.05) is 48.4 Å². The van der Waals surface area contributed by atoms with Crippen molar-refractivity contribution in [2.75, 3.05) is 27.8 Å². The minimum atomic E-state index is 0.00855. The molecule has 0 saturated heterocycles. The van der Waals surface area contributed by atoms with Crippen LogP contribution in [0.3, 0.4) is 0 Å². The molecule has 4 aromatic rings. The molecule has 0 radical (unpaired) electrons. The van der Waals surface area contributed by atoms with Crippen LogP contribution in [-0.4, -0.2) is 48.6 Å². The lowest BCUT2D eigenvalue weighted by Gasteiger charge is -2.17. The van der Waals surface area contributed by atoms with Crippen LogP contribution in [0.15, 0.2) is 79.0 Å². The van der Waals surface area contributed by atoms with Gasteiger partial charge < -0.3 is 19.4 Å². The molecule has 0 fully saturated rings. The van der Waals surface area contributed by atoms with Crippen LogP contribution in [0.5, 0.6) is 11.6 Å². The van der Waals surface area contributed by atoms with Crippen molar-refractivity contribution in [1.29, 1.82) is 0 Å². The van der Waals surface area contributed by atoms with Gasteiger partial charge in [-0.25, -0.2) is 4.98 Å². The molecule has 0 aliphatic carbocycles. The molecule has 208 valence electrons. The minimum Gasteiger partial charge on any atom is -0.497 e. The summed E-state index contributed by atoms with van der Waals surface area (Å²) in [5.74, 6) is 1.45. The first-order valence-corrected chi connectivity index (χ1v) is 13.8. The van der Waals surface area contributed by atoms with Gasteiger partial charge in [0.2, 0.25) is 11.8 Å². The second kappa shape index (κ2) is 13.7. The molecule has 0 unspecified atom stereocenters. The number of aromatic amines is 1. The summed E-state index contributed by atoms with van der Waals surface area (Å²) >= 11 is 0. The number of para-hydroxylation sites is 1. The molecule has 6 heteroatoms. The van der Waals surface area contributed by atoms with Crippen molar-refractivity contribution < 1.29 is 14.3 Å². The summed E-state index contributed by atoms with van der Waals surface area (Å²) in [6.45, 7) is 4.93. The Hall–Kier alpha value is -4.32. The van der Waals surface area contributed by atoms with E-state index in [4.69, 9.17) is 9.47 Å². The van der Waals surface area contributed by atoms with Crippen LogP contribution >= 0.6 is 0 Å². The van der Waals surface area contributed by atoms with Crippen LogP contribution in [0.2, 0.25) is 0 Å². The molecule has 40 heavy (non-hydrogen) atoms. The fourth-order valence-electron chi connectivity index (χ4n) is 4.83. The topological polar surface area (TPSA) is 67.5 Å². The van der Waals surface area contributed by atoms with Crippen LogP contribution < -0.4 is 9.47 Å². The molecular weight excluding hydrogens is 498 g/mol. The molecule has 0 atom stereocenters. The first kappa shape index (κ1) is 28.7. The Balaban J connectivity index is 1.58. The summed E-state index contributed by atoms with van der Waals surface area (Å²) in [5, 5.41) is 1.21. The lowest BCUT2D eigenvalue weighted by atomic mass is 9.90. The number of carbonyl (C=O) groups excluding carboxylic acids is 1. The third-order valence-corrected chi connectivity index (χ3v) is 7.03. The number of H-pyrrole nitrogens is 1. The number of hydrogen-bond acceptors (Lipinski definition) is 4. The number of allylic oxidation sites excluding steroid dienone is 2. The number of rotatable bonds is 12. The van der Waals surface area contributed by atoms with E-state index in [1.807, 2.05) is 30.5 Å². The van der Waals surface area contributed by atoms with Crippen LogP contribution in [0.4, 0.5) is 0 Å². The molecular formula is C34H39N3O3. The summed E-state index contributed by atoms with van der Waals surface area (Å²) in [5.41, 5.74) is 7.90. The number of nitrogens with one attached hydrogen (secondary N) is 1. The van der Waals surface area contributed by atoms with E-state index in [9.17, 15) is 4.79 Å². The molecule has 0 bridgehead atoms. The normalized spacial score (nSPS) is 12.0. The Morgan fingerprint density at radius 2 is 1.85 bits per heavy atom. The smallest absolute Gasteiger partial charge is 0.245 e. The summed E-state index contributed by atoms with van der Waals surface area (Å²) in [7, 11) is 5.20. The van der Waals surface area contributed by atoms with Crippen LogP contribution in [0.1, 0.15) is 55.0 Å². The predicted molar refractivity (Wildman–Crippen MR) is 164 cm³/mol. The number of methoxy groups -OCH3 is 1. The number of carbonyl (C=O) groups is 1. The zero-order chi connectivity index (χ0) is 28.5. The number of likely N-dealkylation sites (N-methyl/N-ethyl adjacent to an activating group) is 1. The largest absolute Gasteiger partial charge is 0.497 e. The fraction of sp³-hybridized carbons (Fsp3) is 0.294. The first-order valence-electron chi connectivity index (χ1n) is 13.8. The van der Waals surface area contributed by atoms with Crippen molar-refractivity contribution in [1.82, 2.24) is 14.9 Å². The average Bonchev–Trinajstić information content (AvgIpc) is 3.31. The van der Waals surface area contributed by atoms with Crippen LogP contribution in [0.25, 0.3) is 22.0 Å². The zero-order valence-electron chi connectivity index (χ0n) is 24.2. The van der Waals surface area contributed by atoms with Gasteiger partial charge >= 0.3 is 0 Å². The van der Waals surface area contributed by atoms with Crippen molar-refractivity contribution in [2.24, 2.45) is 0 Å².